The predicted octanol–water partition coefficient (Wildman–Crippen LogP) is 3.66. The highest BCUT2D eigenvalue weighted by Gasteiger charge is 2.39. The predicted molar refractivity (Wildman–Crippen MR) is 99.6 cm³/mol. The van der Waals surface area contributed by atoms with Crippen molar-refractivity contribution in [3.05, 3.63) is 64.7 Å². The Labute approximate surface area is 153 Å². The van der Waals surface area contributed by atoms with Crippen LogP contribution in [0.25, 0.3) is 0 Å². The first-order chi connectivity index (χ1) is 12.0. The van der Waals surface area contributed by atoms with E-state index >= 15 is 0 Å². The van der Waals surface area contributed by atoms with Gasteiger partial charge in [-0.3, -0.25) is 9.59 Å². The topological polar surface area (TPSA) is 40.6 Å². The summed E-state index contributed by atoms with van der Waals surface area (Å²) in [6.45, 7) is 2.95. The average molecular weight is 357 g/mol. The lowest BCUT2D eigenvalue weighted by molar-refractivity contribution is -0.139. The van der Waals surface area contributed by atoms with Crippen LogP contribution in [0.4, 0.5) is 5.69 Å². The highest BCUT2D eigenvalue weighted by molar-refractivity contribution is 6.31. The number of carbonyl (C=O) groups excluding carboxylic acids is 2. The van der Waals surface area contributed by atoms with Crippen LogP contribution >= 0.6 is 11.6 Å². The molecule has 1 unspecified atom stereocenters. The molecule has 1 aliphatic rings. The summed E-state index contributed by atoms with van der Waals surface area (Å²) < 4.78 is 0. The molecule has 25 heavy (non-hydrogen) atoms. The smallest absolute Gasteiger partial charge is 0.239 e. The first-order valence-corrected chi connectivity index (χ1v) is 8.71. The number of carbonyl (C=O) groups is 2. The number of hydrogen-bond donors (Lipinski definition) is 0. The number of rotatable bonds is 4. The third kappa shape index (κ3) is 3.69. The van der Waals surface area contributed by atoms with E-state index < -0.39 is 5.92 Å². The molecule has 0 bridgehead atoms. The van der Waals surface area contributed by atoms with Crippen molar-refractivity contribution >= 4 is 29.1 Å². The first-order valence-electron chi connectivity index (χ1n) is 8.34. The number of amides is 2. The van der Waals surface area contributed by atoms with E-state index in [0.717, 1.165) is 16.8 Å². The Morgan fingerprint density at radius 1 is 1.24 bits per heavy atom. The van der Waals surface area contributed by atoms with E-state index in [0.29, 0.717) is 24.5 Å². The van der Waals surface area contributed by atoms with Crippen LogP contribution in [0, 0.1) is 12.8 Å². The fourth-order valence-corrected chi connectivity index (χ4v) is 3.29. The van der Waals surface area contributed by atoms with Crippen molar-refractivity contribution in [3.8, 4) is 0 Å². The summed E-state index contributed by atoms with van der Waals surface area (Å²) in [5, 5.41) is 0.626. The third-order valence-electron chi connectivity index (χ3n) is 4.61. The van der Waals surface area contributed by atoms with Gasteiger partial charge in [0.25, 0.3) is 0 Å². The lowest BCUT2D eigenvalue weighted by atomic mass is 10.1. The fraction of sp³-hybridized carbons (Fsp3) is 0.300. The molecule has 0 radical (unpaired) electrons. The van der Waals surface area contributed by atoms with Gasteiger partial charge in [0.15, 0.2) is 0 Å². The van der Waals surface area contributed by atoms with Crippen LogP contribution in [-0.4, -0.2) is 30.3 Å². The lowest BCUT2D eigenvalue weighted by Crippen LogP contribution is -2.37. The van der Waals surface area contributed by atoms with Crippen molar-refractivity contribution in [1.82, 2.24) is 4.90 Å². The van der Waals surface area contributed by atoms with E-state index in [1.165, 1.54) is 0 Å². The first kappa shape index (κ1) is 17.5. The molecule has 2 aromatic rings. The zero-order chi connectivity index (χ0) is 18.0. The van der Waals surface area contributed by atoms with Gasteiger partial charge in [0.05, 0.1) is 0 Å². The molecule has 1 atom stereocenters. The maximum absolute atomic E-state index is 12.7. The normalized spacial score (nSPS) is 17.0. The zero-order valence-corrected chi connectivity index (χ0v) is 15.2. The van der Waals surface area contributed by atoms with Crippen LogP contribution in [0.1, 0.15) is 17.5 Å². The Balaban J connectivity index is 1.70. The summed E-state index contributed by atoms with van der Waals surface area (Å²) in [6, 6.07) is 15.3. The van der Waals surface area contributed by atoms with Crippen LogP contribution in [0.3, 0.4) is 0 Å². The Kier molecular flexibility index (Phi) is 5.09. The third-order valence-corrected chi connectivity index (χ3v) is 5.02. The molecule has 1 heterocycles. The van der Waals surface area contributed by atoms with Gasteiger partial charge >= 0.3 is 0 Å². The molecule has 130 valence electrons. The second-order valence-corrected chi connectivity index (χ2v) is 6.85. The standard InChI is InChI=1S/C20H21ClN2O2/c1-14-8-9-16(12-18(14)21)23-11-10-17(20(23)25)19(24)22(2)13-15-6-4-3-5-7-15/h3-9,12,17H,10-11,13H2,1-2H3. The van der Waals surface area contributed by atoms with Gasteiger partial charge < -0.3 is 9.80 Å². The molecule has 1 fully saturated rings. The maximum atomic E-state index is 12.7. The minimum absolute atomic E-state index is 0.130. The number of nitrogens with zero attached hydrogens (tertiary/aromatic N) is 2. The van der Waals surface area contributed by atoms with Crippen LogP contribution in [0.5, 0.6) is 0 Å². The molecule has 0 aromatic heterocycles. The average Bonchev–Trinajstić information content (AvgIpc) is 2.99. The second-order valence-electron chi connectivity index (χ2n) is 6.44. The Morgan fingerprint density at radius 3 is 2.64 bits per heavy atom. The Morgan fingerprint density at radius 2 is 1.96 bits per heavy atom. The van der Waals surface area contributed by atoms with E-state index in [9.17, 15) is 9.59 Å². The molecule has 1 saturated heterocycles. The Bertz CT molecular complexity index is 792. The summed E-state index contributed by atoms with van der Waals surface area (Å²) in [5.74, 6) is -0.895. The molecule has 2 amide bonds. The summed E-state index contributed by atoms with van der Waals surface area (Å²) in [7, 11) is 1.74. The van der Waals surface area contributed by atoms with E-state index in [2.05, 4.69) is 0 Å². The molecule has 4 nitrogen and oxygen atoms in total. The van der Waals surface area contributed by atoms with Crippen LogP contribution < -0.4 is 4.90 Å². The van der Waals surface area contributed by atoms with E-state index in [-0.39, 0.29) is 11.8 Å². The van der Waals surface area contributed by atoms with E-state index in [1.807, 2.05) is 49.4 Å². The molecular formula is C20H21ClN2O2. The number of hydrogen-bond acceptors (Lipinski definition) is 2. The SMILES string of the molecule is Cc1ccc(N2CCC(C(=O)N(C)Cc3ccccc3)C2=O)cc1Cl. The lowest BCUT2D eigenvalue weighted by Gasteiger charge is -2.21. The fourth-order valence-electron chi connectivity index (χ4n) is 3.12. The van der Waals surface area contributed by atoms with Gasteiger partial charge in [0.1, 0.15) is 5.92 Å². The molecule has 2 aromatic carbocycles. The molecule has 5 heteroatoms. The van der Waals surface area contributed by atoms with Gasteiger partial charge in [-0.15, -0.1) is 0 Å². The number of anilines is 1. The molecule has 0 N–H and O–H groups in total. The number of benzene rings is 2. The number of halogens is 1. The summed E-state index contributed by atoms with van der Waals surface area (Å²) in [6.07, 6.45) is 0.530. The largest absolute Gasteiger partial charge is 0.341 e. The van der Waals surface area contributed by atoms with Gasteiger partial charge in [-0.2, -0.15) is 0 Å². The van der Waals surface area contributed by atoms with Gasteiger partial charge in [0.2, 0.25) is 11.8 Å². The van der Waals surface area contributed by atoms with Gasteiger partial charge in [-0.05, 0) is 36.6 Å². The summed E-state index contributed by atoms with van der Waals surface area (Å²) >= 11 is 6.17. The number of aryl methyl sites for hydroxylation is 1. The molecular weight excluding hydrogens is 336 g/mol. The summed E-state index contributed by atoms with van der Waals surface area (Å²) in [5.41, 5.74) is 2.76. The maximum Gasteiger partial charge on any atom is 0.239 e. The van der Waals surface area contributed by atoms with Crippen molar-refractivity contribution in [2.24, 2.45) is 5.92 Å². The molecule has 1 aliphatic heterocycles. The molecule has 0 spiro atoms. The summed E-state index contributed by atoms with van der Waals surface area (Å²) in [4.78, 5) is 28.7. The van der Waals surface area contributed by atoms with Gasteiger partial charge in [0, 0.05) is 30.8 Å². The van der Waals surface area contributed by atoms with Gasteiger partial charge in [-0.25, -0.2) is 0 Å². The molecule has 0 saturated carbocycles. The zero-order valence-electron chi connectivity index (χ0n) is 14.4. The second kappa shape index (κ2) is 7.28. The van der Waals surface area contributed by atoms with Crippen molar-refractivity contribution in [2.45, 2.75) is 19.9 Å². The monoisotopic (exact) mass is 356 g/mol. The van der Waals surface area contributed by atoms with Crippen molar-refractivity contribution < 1.29 is 9.59 Å². The highest BCUT2D eigenvalue weighted by Crippen LogP contribution is 2.29. The van der Waals surface area contributed by atoms with Gasteiger partial charge in [-0.1, -0.05) is 48.0 Å². The highest BCUT2D eigenvalue weighted by atomic mass is 35.5. The minimum atomic E-state index is -0.617. The molecule has 3 rings (SSSR count). The van der Waals surface area contributed by atoms with Crippen LogP contribution in [-0.2, 0) is 16.1 Å². The van der Waals surface area contributed by atoms with Crippen molar-refractivity contribution in [2.75, 3.05) is 18.5 Å². The van der Waals surface area contributed by atoms with E-state index in [4.69, 9.17) is 11.6 Å². The quantitative estimate of drug-likeness (QED) is 0.784. The van der Waals surface area contributed by atoms with Crippen molar-refractivity contribution in [1.29, 1.82) is 0 Å². The Hall–Kier alpha value is -2.33. The van der Waals surface area contributed by atoms with Crippen molar-refractivity contribution in [3.63, 3.8) is 0 Å². The van der Waals surface area contributed by atoms with Crippen LogP contribution in [0.2, 0.25) is 5.02 Å². The minimum Gasteiger partial charge on any atom is -0.341 e. The molecule has 0 aliphatic carbocycles. The van der Waals surface area contributed by atoms with E-state index in [1.54, 1.807) is 22.9 Å². The van der Waals surface area contributed by atoms with Crippen LogP contribution in [0.15, 0.2) is 48.5 Å².